The number of aryl methyl sites for hydroxylation is 1. The van der Waals surface area contributed by atoms with Crippen LogP contribution in [0, 0.1) is 6.92 Å². The molecule has 7 nitrogen and oxygen atoms in total. The number of rotatable bonds is 6. The molecule has 160 valence electrons. The number of aromatic nitrogens is 5. The lowest BCUT2D eigenvalue weighted by atomic mass is 10.2. The van der Waals surface area contributed by atoms with Gasteiger partial charge >= 0.3 is 0 Å². The first-order chi connectivity index (χ1) is 15.5. The largest absolute Gasteiger partial charge is 0.304 e. The summed E-state index contributed by atoms with van der Waals surface area (Å²) >= 11 is 7.41. The maximum absolute atomic E-state index is 12.9. The van der Waals surface area contributed by atoms with E-state index in [4.69, 9.17) is 11.6 Å². The van der Waals surface area contributed by atoms with Gasteiger partial charge in [-0.15, -0.1) is 11.3 Å². The second-order valence-electron chi connectivity index (χ2n) is 7.41. The van der Waals surface area contributed by atoms with Gasteiger partial charge in [0.05, 0.1) is 23.7 Å². The number of anilines is 1. The fraction of sp³-hybridized carbons (Fsp3) is 0.130. The van der Waals surface area contributed by atoms with Crippen LogP contribution in [-0.2, 0) is 13.1 Å². The van der Waals surface area contributed by atoms with Crippen LogP contribution in [0.25, 0.3) is 10.2 Å². The summed E-state index contributed by atoms with van der Waals surface area (Å²) in [7, 11) is 0. The molecule has 0 spiro atoms. The molecule has 0 aliphatic heterocycles. The first-order valence-corrected chi connectivity index (χ1v) is 11.2. The van der Waals surface area contributed by atoms with Crippen molar-refractivity contribution in [3.8, 4) is 0 Å². The highest BCUT2D eigenvalue weighted by Gasteiger charge is 2.17. The highest BCUT2D eigenvalue weighted by molar-refractivity contribution is 7.20. The lowest BCUT2D eigenvalue weighted by Crippen LogP contribution is -2.11. The van der Waals surface area contributed by atoms with Crippen LogP contribution in [0.5, 0.6) is 0 Å². The van der Waals surface area contributed by atoms with Gasteiger partial charge in [0.2, 0.25) is 0 Å². The van der Waals surface area contributed by atoms with Gasteiger partial charge < -0.3 is 5.32 Å². The molecule has 4 heterocycles. The summed E-state index contributed by atoms with van der Waals surface area (Å²) in [4.78, 5) is 18.6. The number of carbonyl (C=O) groups excluding carboxylic acids is 1. The molecule has 4 aromatic heterocycles. The lowest BCUT2D eigenvalue weighted by molar-refractivity contribution is 0.103. The molecule has 1 amide bonds. The number of nitrogens with zero attached hydrogens (tertiary/aromatic N) is 5. The van der Waals surface area contributed by atoms with E-state index in [1.807, 2.05) is 60.3 Å². The van der Waals surface area contributed by atoms with Gasteiger partial charge in [0.25, 0.3) is 5.91 Å². The molecule has 5 aromatic rings. The Morgan fingerprint density at radius 2 is 1.94 bits per heavy atom. The van der Waals surface area contributed by atoms with Gasteiger partial charge in [-0.25, -0.2) is 0 Å². The van der Waals surface area contributed by atoms with Crippen LogP contribution in [-0.4, -0.2) is 30.5 Å². The van der Waals surface area contributed by atoms with E-state index in [0.29, 0.717) is 28.8 Å². The van der Waals surface area contributed by atoms with E-state index in [1.54, 1.807) is 23.1 Å². The van der Waals surface area contributed by atoms with E-state index in [0.717, 1.165) is 27.0 Å². The molecule has 1 N–H and O–H groups in total. The molecule has 0 atom stereocenters. The van der Waals surface area contributed by atoms with E-state index >= 15 is 0 Å². The normalized spacial score (nSPS) is 11.2. The molecule has 0 aliphatic carbocycles. The molecule has 9 heteroatoms. The topological polar surface area (TPSA) is 77.6 Å². The number of amides is 1. The number of hydrogen-bond donors (Lipinski definition) is 1. The molecule has 0 saturated carbocycles. The quantitative estimate of drug-likeness (QED) is 0.385. The number of fused-ring (bicyclic) bond motifs is 1. The minimum absolute atomic E-state index is 0.185. The fourth-order valence-corrected chi connectivity index (χ4v) is 4.65. The maximum atomic E-state index is 12.9. The summed E-state index contributed by atoms with van der Waals surface area (Å²) < 4.78 is 3.70. The van der Waals surface area contributed by atoms with Crippen LogP contribution in [0.15, 0.2) is 67.1 Å². The molecule has 32 heavy (non-hydrogen) atoms. The van der Waals surface area contributed by atoms with E-state index in [9.17, 15) is 4.79 Å². The zero-order chi connectivity index (χ0) is 22.1. The van der Waals surface area contributed by atoms with Crippen molar-refractivity contribution in [2.24, 2.45) is 0 Å². The van der Waals surface area contributed by atoms with Gasteiger partial charge in [0, 0.05) is 35.1 Å². The second kappa shape index (κ2) is 8.57. The van der Waals surface area contributed by atoms with Gasteiger partial charge in [-0.2, -0.15) is 10.2 Å². The van der Waals surface area contributed by atoms with E-state index in [2.05, 4.69) is 20.5 Å². The summed E-state index contributed by atoms with van der Waals surface area (Å²) in [6, 6.07) is 15.2. The zero-order valence-electron chi connectivity index (χ0n) is 17.2. The van der Waals surface area contributed by atoms with Crippen molar-refractivity contribution in [1.29, 1.82) is 0 Å². The molecule has 1 aromatic carbocycles. The van der Waals surface area contributed by atoms with Crippen molar-refractivity contribution in [3.63, 3.8) is 0 Å². The smallest absolute Gasteiger partial charge is 0.267 e. The van der Waals surface area contributed by atoms with Gasteiger partial charge in [0.15, 0.2) is 5.82 Å². The van der Waals surface area contributed by atoms with Gasteiger partial charge in [-0.05, 0) is 42.3 Å². The highest BCUT2D eigenvalue weighted by Crippen LogP contribution is 2.29. The predicted octanol–water partition coefficient (Wildman–Crippen LogP) is 5.00. The number of benzene rings is 1. The molecule has 0 radical (unpaired) electrons. The van der Waals surface area contributed by atoms with Gasteiger partial charge in [-0.1, -0.05) is 29.8 Å². The summed E-state index contributed by atoms with van der Waals surface area (Å²) in [5.74, 6) is 0.325. The molecule has 0 fully saturated rings. The number of thiophene rings is 1. The predicted molar refractivity (Wildman–Crippen MR) is 126 cm³/mol. The van der Waals surface area contributed by atoms with Crippen LogP contribution in [0.4, 0.5) is 5.82 Å². The molecule has 0 bridgehead atoms. The number of halogens is 1. The molecular formula is C23H19ClN6OS. The Labute approximate surface area is 193 Å². The Balaban J connectivity index is 1.32. The maximum Gasteiger partial charge on any atom is 0.267 e. The van der Waals surface area contributed by atoms with E-state index < -0.39 is 0 Å². The third kappa shape index (κ3) is 4.28. The Morgan fingerprint density at radius 1 is 1.09 bits per heavy atom. The van der Waals surface area contributed by atoms with Crippen molar-refractivity contribution in [1.82, 2.24) is 24.5 Å². The Morgan fingerprint density at radius 3 is 2.72 bits per heavy atom. The van der Waals surface area contributed by atoms with Crippen molar-refractivity contribution in [2.45, 2.75) is 20.0 Å². The summed E-state index contributed by atoms with van der Waals surface area (Å²) in [6.45, 7) is 3.16. The van der Waals surface area contributed by atoms with Gasteiger partial charge in [-0.3, -0.25) is 19.1 Å². The SMILES string of the molecule is Cc1nn(Cc2ccc(Cl)cc2)c2sc(C(=O)Nc3ccn(Cc4cccnc4)n3)cc12. The average Bonchev–Trinajstić information content (AvgIpc) is 3.49. The third-order valence-corrected chi connectivity index (χ3v) is 6.43. The number of nitrogens with one attached hydrogen (secondary N) is 1. The Bertz CT molecular complexity index is 1390. The van der Waals surface area contributed by atoms with Crippen LogP contribution in [0.3, 0.4) is 0 Å². The zero-order valence-corrected chi connectivity index (χ0v) is 18.8. The molecule has 0 aliphatic rings. The van der Waals surface area contributed by atoms with Crippen LogP contribution < -0.4 is 5.32 Å². The minimum atomic E-state index is -0.185. The van der Waals surface area contributed by atoms with Crippen LogP contribution in [0.2, 0.25) is 5.02 Å². The van der Waals surface area contributed by atoms with Gasteiger partial charge in [0.1, 0.15) is 4.83 Å². The summed E-state index contributed by atoms with van der Waals surface area (Å²) in [5.41, 5.74) is 3.03. The Hall–Kier alpha value is -3.49. The lowest BCUT2D eigenvalue weighted by Gasteiger charge is -2.03. The summed E-state index contributed by atoms with van der Waals surface area (Å²) in [5, 5.41) is 13.7. The van der Waals surface area contributed by atoms with E-state index in [-0.39, 0.29) is 5.91 Å². The standard InChI is InChI=1S/C23H19ClN6OS/c1-15-19-11-20(32-23(19)30(27-15)14-16-4-6-18(24)7-5-16)22(31)26-21-8-10-29(28-21)13-17-3-2-9-25-12-17/h2-12H,13-14H2,1H3,(H,26,28,31). The second-order valence-corrected chi connectivity index (χ2v) is 8.88. The van der Waals surface area contributed by atoms with Crippen LogP contribution >= 0.6 is 22.9 Å². The fourth-order valence-electron chi connectivity index (χ4n) is 3.47. The Kier molecular flexibility index (Phi) is 5.46. The van der Waals surface area contributed by atoms with Crippen molar-refractivity contribution < 1.29 is 4.79 Å². The molecule has 0 unspecified atom stereocenters. The number of carbonyl (C=O) groups is 1. The monoisotopic (exact) mass is 462 g/mol. The molecule has 5 rings (SSSR count). The number of pyridine rings is 1. The average molecular weight is 463 g/mol. The molecular weight excluding hydrogens is 444 g/mol. The summed E-state index contributed by atoms with van der Waals surface area (Å²) in [6.07, 6.45) is 5.37. The van der Waals surface area contributed by atoms with Crippen molar-refractivity contribution in [2.75, 3.05) is 5.32 Å². The third-order valence-electron chi connectivity index (χ3n) is 5.03. The van der Waals surface area contributed by atoms with Crippen molar-refractivity contribution >= 4 is 44.9 Å². The highest BCUT2D eigenvalue weighted by atomic mass is 35.5. The van der Waals surface area contributed by atoms with Crippen molar-refractivity contribution in [3.05, 3.63) is 93.8 Å². The first-order valence-electron chi connectivity index (χ1n) is 10.0. The molecule has 0 saturated heterocycles. The van der Waals surface area contributed by atoms with Crippen LogP contribution in [0.1, 0.15) is 26.5 Å². The first kappa shape index (κ1) is 20.4. The van der Waals surface area contributed by atoms with E-state index in [1.165, 1.54) is 11.3 Å². The number of hydrogen-bond acceptors (Lipinski definition) is 5. The minimum Gasteiger partial charge on any atom is -0.304 e.